The van der Waals surface area contributed by atoms with Gasteiger partial charge in [0.25, 0.3) is 0 Å². The molecule has 2 N–H and O–H groups in total. The Morgan fingerprint density at radius 2 is 2.12 bits per heavy atom. The van der Waals surface area contributed by atoms with Crippen LogP contribution in [-0.2, 0) is 13.0 Å². The van der Waals surface area contributed by atoms with Gasteiger partial charge in [0.1, 0.15) is 17.9 Å². The van der Waals surface area contributed by atoms with Gasteiger partial charge in [-0.2, -0.15) is 0 Å². The summed E-state index contributed by atoms with van der Waals surface area (Å²) in [6.45, 7) is 6.67. The molecule has 1 aromatic heterocycles. The summed E-state index contributed by atoms with van der Waals surface area (Å²) in [4.78, 5) is 13.2. The molecule has 2 aromatic rings. The first-order chi connectivity index (χ1) is 11.6. The van der Waals surface area contributed by atoms with Crippen molar-refractivity contribution in [2.45, 2.75) is 46.1 Å². The monoisotopic (exact) mass is 332 g/mol. The first-order valence-electron chi connectivity index (χ1n) is 8.80. The molecule has 0 saturated carbocycles. The van der Waals surface area contributed by atoms with Gasteiger partial charge in [0.05, 0.1) is 6.54 Å². The highest BCUT2D eigenvalue weighted by molar-refractivity contribution is 5.86. The van der Waals surface area contributed by atoms with Crippen molar-refractivity contribution in [3.05, 3.63) is 39.2 Å². The zero-order valence-corrected chi connectivity index (χ0v) is 14.5. The number of fused-ring (bicyclic) bond motifs is 2. The van der Waals surface area contributed by atoms with Crippen molar-refractivity contribution in [1.29, 1.82) is 0 Å². The highest BCUT2D eigenvalue weighted by atomic mass is 16.5. The lowest BCUT2D eigenvalue weighted by atomic mass is 9.98. The van der Waals surface area contributed by atoms with E-state index >= 15 is 0 Å². The summed E-state index contributed by atoms with van der Waals surface area (Å²) in [6.07, 6.45) is 3.81. The van der Waals surface area contributed by atoms with Gasteiger partial charge in [-0.05, 0) is 31.4 Å². The van der Waals surface area contributed by atoms with E-state index < -0.39 is 0 Å². The predicted octanol–water partition coefficient (Wildman–Crippen LogP) is 1.56. The van der Waals surface area contributed by atoms with Crippen LogP contribution >= 0.6 is 0 Å². The fourth-order valence-corrected chi connectivity index (χ4v) is 3.46. The summed E-state index contributed by atoms with van der Waals surface area (Å²) in [5.41, 5.74) is 3.51. The lowest BCUT2D eigenvalue weighted by Gasteiger charge is -2.27. The summed E-state index contributed by atoms with van der Waals surface area (Å²) >= 11 is 0. The average molecular weight is 332 g/mol. The largest absolute Gasteiger partial charge is 0.444 e. The number of nitrogens with one attached hydrogen (secondary N) is 1. The average Bonchev–Trinajstić information content (AvgIpc) is 2.58. The molecule has 0 bridgehead atoms. The molecule has 0 spiro atoms. The number of ether oxygens (including phenoxy) is 1. The van der Waals surface area contributed by atoms with E-state index in [9.17, 15) is 4.79 Å². The second-order valence-electron chi connectivity index (χ2n) is 6.60. The Labute approximate surface area is 141 Å². The van der Waals surface area contributed by atoms with E-state index in [0.29, 0.717) is 12.3 Å². The molecule has 0 aliphatic carbocycles. The molecule has 0 radical (unpaired) electrons. The number of rotatable bonds is 6. The Morgan fingerprint density at radius 1 is 1.29 bits per heavy atom. The molecular formula is C19H26NO4+. The maximum absolute atomic E-state index is 11.9. The molecule has 130 valence electrons. The van der Waals surface area contributed by atoms with Gasteiger partial charge in [-0.3, -0.25) is 4.90 Å². The minimum atomic E-state index is -0.289. The van der Waals surface area contributed by atoms with Crippen molar-refractivity contribution in [3.63, 3.8) is 0 Å². The van der Waals surface area contributed by atoms with Crippen molar-refractivity contribution in [3.8, 4) is 5.75 Å². The van der Waals surface area contributed by atoms with Gasteiger partial charge in [-0.25, -0.2) is 4.79 Å². The number of hydrogen-bond donors (Lipinski definition) is 2. The first kappa shape index (κ1) is 17.0. The van der Waals surface area contributed by atoms with E-state index in [1.54, 1.807) is 6.07 Å². The highest BCUT2D eigenvalue weighted by Gasteiger charge is 2.24. The van der Waals surface area contributed by atoms with Gasteiger partial charge in [-0.1, -0.05) is 13.3 Å². The zero-order valence-electron chi connectivity index (χ0n) is 14.5. The van der Waals surface area contributed by atoms with Gasteiger partial charge < -0.3 is 14.3 Å². The van der Waals surface area contributed by atoms with Gasteiger partial charge in [0.2, 0.25) is 6.73 Å². The Morgan fingerprint density at radius 3 is 2.88 bits per heavy atom. The third-order valence-electron chi connectivity index (χ3n) is 4.73. The fraction of sp³-hybridized carbons (Fsp3) is 0.526. The van der Waals surface area contributed by atoms with Crippen molar-refractivity contribution < 1.29 is 19.2 Å². The topological polar surface area (TPSA) is 64.1 Å². The Kier molecular flexibility index (Phi) is 5.21. The van der Waals surface area contributed by atoms with Gasteiger partial charge in [0.15, 0.2) is 0 Å². The van der Waals surface area contributed by atoms with Gasteiger partial charge >= 0.3 is 5.63 Å². The van der Waals surface area contributed by atoms with Crippen LogP contribution < -0.4 is 15.3 Å². The number of quaternary nitrogens is 1. The van der Waals surface area contributed by atoms with Crippen LogP contribution in [0.4, 0.5) is 0 Å². The summed E-state index contributed by atoms with van der Waals surface area (Å²) in [5, 5.41) is 10.1. The predicted molar refractivity (Wildman–Crippen MR) is 92.6 cm³/mol. The minimum Gasteiger partial charge on any atom is -0.444 e. The number of benzene rings is 1. The SMILES string of the molecule is CCCCc1cc(=O)oc2c(C)c3c(cc12)C[NH+](CCCO)CO3. The molecule has 1 atom stereocenters. The second-order valence-corrected chi connectivity index (χ2v) is 6.60. The third-order valence-corrected chi connectivity index (χ3v) is 4.73. The van der Waals surface area contributed by atoms with Crippen molar-refractivity contribution in [1.82, 2.24) is 0 Å². The van der Waals surface area contributed by atoms with Crippen molar-refractivity contribution in [2.24, 2.45) is 0 Å². The van der Waals surface area contributed by atoms with E-state index in [0.717, 1.165) is 66.6 Å². The third kappa shape index (κ3) is 3.32. The normalized spacial score (nSPS) is 16.9. The van der Waals surface area contributed by atoms with E-state index in [-0.39, 0.29) is 12.2 Å². The zero-order chi connectivity index (χ0) is 17.1. The second kappa shape index (κ2) is 7.36. The molecule has 5 heteroatoms. The molecule has 1 aliphatic rings. The summed E-state index contributed by atoms with van der Waals surface area (Å²) in [6, 6.07) is 3.76. The smallest absolute Gasteiger partial charge is 0.336 e. The maximum Gasteiger partial charge on any atom is 0.336 e. The number of aliphatic hydroxyl groups is 1. The lowest BCUT2D eigenvalue weighted by Crippen LogP contribution is -3.12. The number of hydrogen-bond acceptors (Lipinski definition) is 4. The van der Waals surface area contributed by atoms with E-state index in [1.807, 2.05) is 6.92 Å². The summed E-state index contributed by atoms with van der Waals surface area (Å²) < 4.78 is 11.4. The highest BCUT2D eigenvalue weighted by Crippen LogP contribution is 2.33. The number of aliphatic hydroxyl groups excluding tert-OH is 1. The van der Waals surface area contributed by atoms with Crippen LogP contribution in [0.1, 0.15) is 42.9 Å². The lowest BCUT2D eigenvalue weighted by molar-refractivity contribution is -0.932. The van der Waals surface area contributed by atoms with Crippen LogP contribution in [0.15, 0.2) is 21.3 Å². The van der Waals surface area contributed by atoms with Crippen molar-refractivity contribution >= 4 is 11.0 Å². The number of unbranched alkanes of at least 4 members (excludes halogenated alkanes) is 1. The quantitative estimate of drug-likeness (QED) is 0.788. The fourth-order valence-electron chi connectivity index (χ4n) is 3.46. The van der Waals surface area contributed by atoms with Crippen molar-refractivity contribution in [2.75, 3.05) is 19.9 Å². The Balaban J connectivity index is 2.04. The van der Waals surface area contributed by atoms with Gasteiger partial charge in [0, 0.05) is 35.6 Å². The van der Waals surface area contributed by atoms with Crippen LogP contribution in [0.5, 0.6) is 5.75 Å². The molecular weight excluding hydrogens is 306 g/mol. The molecule has 0 saturated heterocycles. The van der Waals surface area contributed by atoms with Crippen LogP contribution in [0.3, 0.4) is 0 Å². The van der Waals surface area contributed by atoms with Crippen LogP contribution in [0, 0.1) is 6.92 Å². The first-order valence-corrected chi connectivity index (χ1v) is 8.80. The molecule has 3 rings (SSSR count). The van der Waals surface area contributed by atoms with E-state index in [4.69, 9.17) is 14.3 Å². The maximum atomic E-state index is 11.9. The molecule has 1 unspecified atom stereocenters. The van der Waals surface area contributed by atoms with E-state index in [1.165, 1.54) is 4.90 Å². The minimum absolute atomic E-state index is 0.208. The van der Waals surface area contributed by atoms with Crippen LogP contribution in [0.2, 0.25) is 0 Å². The molecule has 5 nitrogen and oxygen atoms in total. The van der Waals surface area contributed by atoms with Gasteiger partial charge in [-0.15, -0.1) is 0 Å². The van der Waals surface area contributed by atoms with E-state index in [2.05, 4.69) is 13.0 Å². The Bertz CT molecular complexity index is 781. The molecule has 2 heterocycles. The molecule has 24 heavy (non-hydrogen) atoms. The van der Waals surface area contributed by atoms with Crippen LogP contribution in [0.25, 0.3) is 11.0 Å². The standard InChI is InChI=1S/C19H25NO4/c1-3-4-6-14-10-17(22)24-19-13(2)18-15(9-16(14)19)11-20(12-23-18)7-5-8-21/h9-10,21H,3-8,11-12H2,1-2H3/p+1. The summed E-state index contributed by atoms with van der Waals surface area (Å²) in [5.74, 6) is 0.853. The Hall–Kier alpha value is -1.85. The molecule has 1 aliphatic heterocycles. The molecule has 0 fully saturated rings. The summed E-state index contributed by atoms with van der Waals surface area (Å²) in [7, 11) is 0. The molecule has 0 amide bonds. The van der Waals surface area contributed by atoms with Crippen LogP contribution in [-0.4, -0.2) is 25.0 Å². The molecule has 1 aromatic carbocycles. The number of aryl methyl sites for hydroxylation is 2.